The molecule has 0 N–H and O–H groups in total. The molecule has 0 heterocycles. The van der Waals surface area contributed by atoms with Gasteiger partial charge in [0.15, 0.2) is 5.78 Å². The number of ketones is 1. The van der Waals surface area contributed by atoms with Gasteiger partial charge in [-0.15, -0.1) is 0 Å². The molecule has 0 spiro atoms. The van der Waals surface area contributed by atoms with E-state index in [4.69, 9.17) is 0 Å². The van der Waals surface area contributed by atoms with Crippen LogP contribution in [0.2, 0.25) is 0 Å². The Hall–Kier alpha value is -1.27. The van der Waals surface area contributed by atoms with Crippen molar-refractivity contribution in [2.75, 3.05) is 0 Å². The smallest absolute Gasteiger partial charge is 0.294 e. The maximum absolute atomic E-state index is 12.1. The molecule has 0 fully saturated rings. The summed E-state index contributed by atoms with van der Waals surface area (Å²) < 4.78 is 72.3. The van der Waals surface area contributed by atoms with E-state index in [0.717, 1.165) is 0 Å². The molecule has 1 rings (SSSR count). The monoisotopic (exact) mass is 230 g/mol. The molecule has 0 saturated carbocycles. The van der Waals surface area contributed by atoms with Crippen LogP contribution in [0.25, 0.3) is 0 Å². The fraction of sp³-hybridized carbons (Fsp3) is 0.375. The lowest BCUT2D eigenvalue weighted by atomic mass is 9.98. The zero-order valence-corrected chi connectivity index (χ0v) is 7.04. The number of alkyl halides is 6. The Morgan fingerprint density at radius 3 is 1.87 bits per heavy atom. The summed E-state index contributed by atoms with van der Waals surface area (Å²) in [6, 6.07) is 0. The van der Waals surface area contributed by atoms with Gasteiger partial charge in [-0.05, 0) is 12.2 Å². The predicted octanol–water partition coefficient (Wildman–Crippen LogP) is 2.94. The molecule has 15 heavy (non-hydrogen) atoms. The normalized spacial score (nSPS) is 18.7. The lowest BCUT2D eigenvalue weighted by Crippen LogP contribution is -2.22. The molecule has 0 aromatic heterocycles. The van der Waals surface area contributed by atoms with Crippen molar-refractivity contribution in [2.24, 2.45) is 0 Å². The second-order valence-corrected chi connectivity index (χ2v) is 2.91. The average Bonchev–Trinajstić information content (AvgIpc) is 1.99. The van der Waals surface area contributed by atoms with Crippen molar-refractivity contribution >= 4 is 5.78 Å². The first kappa shape index (κ1) is 11.8. The number of hydrogen-bond donors (Lipinski definition) is 0. The highest BCUT2D eigenvalue weighted by Gasteiger charge is 2.41. The van der Waals surface area contributed by atoms with Gasteiger partial charge >= 0.3 is 12.4 Å². The second kappa shape index (κ2) is 3.39. The minimum absolute atomic E-state index is 0.0403. The van der Waals surface area contributed by atoms with Gasteiger partial charge < -0.3 is 0 Å². The fourth-order valence-corrected chi connectivity index (χ4v) is 1.04. The highest BCUT2D eigenvalue weighted by atomic mass is 19.4. The second-order valence-electron chi connectivity index (χ2n) is 2.91. The fourth-order valence-electron chi connectivity index (χ4n) is 1.04. The summed E-state index contributed by atoms with van der Waals surface area (Å²) in [6.07, 6.45) is -10.7. The Morgan fingerprint density at radius 2 is 1.47 bits per heavy atom. The van der Waals surface area contributed by atoms with Crippen molar-refractivity contribution in [1.29, 1.82) is 0 Å². The van der Waals surface area contributed by atoms with Crippen LogP contribution >= 0.6 is 0 Å². The molecule has 7 heteroatoms. The molecule has 1 nitrogen and oxygen atoms in total. The minimum Gasteiger partial charge on any atom is -0.294 e. The van der Waals surface area contributed by atoms with Crippen LogP contribution in [0.1, 0.15) is 6.42 Å². The van der Waals surface area contributed by atoms with Gasteiger partial charge in [-0.3, -0.25) is 4.79 Å². The van der Waals surface area contributed by atoms with E-state index in [2.05, 4.69) is 0 Å². The third kappa shape index (κ3) is 2.84. The summed E-state index contributed by atoms with van der Waals surface area (Å²) in [7, 11) is 0. The Bertz CT molecular complexity index is 343. The van der Waals surface area contributed by atoms with Crippen molar-refractivity contribution in [3.05, 3.63) is 23.3 Å². The van der Waals surface area contributed by atoms with Crippen LogP contribution in [0, 0.1) is 0 Å². The largest absolute Gasteiger partial charge is 0.416 e. The number of halogens is 6. The Balaban J connectivity index is 3.11. The van der Waals surface area contributed by atoms with Crippen molar-refractivity contribution in [1.82, 2.24) is 0 Å². The molecular weight excluding hydrogens is 226 g/mol. The molecule has 0 aliphatic heterocycles. The first-order valence-corrected chi connectivity index (χ1v) is 3.70. The van der Waals surface area contributed by atoms with Gasteiger partial charge in [0.05, 0.1) is 5.57 Å². The summed E-state index contributed by atoms with van der Waals surface area (Å²) in [5.74, 6) is -1.20. The molecule has 0 radical (unpaired) electrons. The van der Waals surface area contributed by atoms with E-state index in [1.165, 1.54) is 0 Å². The van der Waals surface area contributed by atoms with Gasteiger partial charge in [0.25, 0.3) is 0 Å². The third-order valence-electron chi connectivity index (χ3n) is 1.70. The number of rotatable bonds is 0. The van der Waals surface area contributed by atoms with Crippen LogP contribution < -0.4 is 0 Å². The average molecular weight is 230 g/mol. The van der Waals surface area contributed by atoms with Crippen LogP contribution in [0.5, 0.6) is 0 Å². The Kier molecular flexibility index (Phi) is 2.67. The SMILES string of the molecule is O=C1C=C(C(F)(F)F)C=C(C(F)(F)F)C1. The van der Waals surface area contributed by atoms with Gasteiger partial charge in [0, 0.05) is 12.0 Å². The van der Waals surface area contributed by atoms with Crippen molar-refractivity contribution in [2.45, 2.75) is 18.8 Å². The number of allylic oxidation sites excluding steroid dienone is 4. The topological polar surface area (TPSA) is 17.1 Å². The first-order valence-electron chi connectivity index (χ1n) is 3.70. The number of carbonyl (C=O) groups is 1. The van der Waals surface area contributed by atoms with E-state index in [9.17, 15) is 31.1 Å². The van der Waals surface area contributed by atoms with E-state index < -0.39 is 35.7 Å². The zero-order chi connectivity index (χ0) is 11.9. The lowest BCUT2D eigenvalue weighted by molar-refractivity contribution is -0.121. The van der Waals surface area contributed by atoms with Crippen LogP contribution in [-0.2, 0) is 4.79 Å². The molecule has 1 aliphatic carbocycles. The molecule has 0 saturated heterocycles. The molecule has 0 amide bonds. The summed E-state index contributed by atoms with van der Waals surface area (Å²) in [4.78, 5) is 10.7. The standard InChI is InChI=1S/C8H4F6O/c9-7(10,11)4-1-5(8(12,13)14)3-6(15)2-4/h1-2H,3H2. The van der Waals surface area contributed by atoms with Crippen molar-refractivity contribution in [3.8, 4) is 0 Å². The highest BCUT2D eigenvalue weighted by molar-refractivity contribution is 5.94. The minimum atomic E-state index is -4.94. The number of hydrogen-bond acceptors (Lipinski definition) is 1. The molecule has 84 valence electrons. The predicted molar refractivity (Wildman–Crippen MR) is 37.9 cm³/mol. The molecule has 0 bridgehead atoms. The van der Waals surface area contributed by atoms with Gasteiger partial charge in [0.2, 0.25) is 0 Å². The van der Waals surface area contributed by atoms with Gasteiger partial charge in [-0.2, -0.15) is 26.3 Å². The highest BCUT2D eigenvalue weighted by Crippen LogP contribution is 2.36. The van der Waals surface area contributed by atoms with E-state index in [0.29, 0.717) is 0 Å². The van der Waals surface area contributed by atoms with Crippen LogP contribution in [-0.4, -0.2) is 18.1 Å². The summed E-state index contributed by atoms with van der Waals surface area (Å²) >= 11 is 0. The summed E-state index contributed by atoms with van der Waals surface area (Å²) in [5.41, 5.74) is -3.03. The lowest BCUT2D eigenvalue weighted by Gasteiger charge is -2.17. The van der Waals surface area contributed by atoms with Crippen LogP contribution in [0.3, 0.4) is 0 Å². The summed E-state index contributed by atoms with van der Waals surface area (Å²) in [5, 5.41) is 0. The maximum atomic E-state index is 12.1. The van der Waals surface area contributed by atoms with Gasteiger partial charge in [0.1, 0.15) is 0 Å². The van der Waals surface area contributed by atoms with Crippen LogP contribution in [0.4, 0.5) is 26.3 Å². The maximum Gasteiger partial charge on any atom is 0.416 e. The molecule has 1 aliphatic rings. The van der Waals surface area contributed by atoms with Crippen molar-refractivity contribution < 1.29 is 31.1 Å². The first-order chi connectivity index (χ1) is 6.60. The molecular formula is C8H4F6O. The molecule has 0 aromatic rings. The summed E-state index contributed by atoms with van der Waals surface area (Å²) in [6.45, 7) is 0. The van der Waals surface area contributed by atoms with E-state index >= 15 is 0 Å². The van der Waals surface area contributed by atoms with Crippen LogP contribution in [0.15, 0.2) is 23.3 Å². The molecule has 0 atom stereocenters. The van der Waals surface area contributed by atoms with E-state index in [1.807, 2.05) is 0 Å². The van der Waals surface area contributed by atoms with Gasteiger partial charge in [-0.25, -0.2) is 0 Å². The van der Waals surface area contributed by atoms with E-state index in [-0.39, 0.29) is 12.2 Å². The number of carbonyl (C=O) groups excluding carboxylic acids is 1. The molecule has 0 unspecified atom stereocenters. The third-order valence-corrected chi connectivity index (χ3v) is 1.70. The van der Waals surface area contributed by atoms with Crippen molar-refractivity contribution in [3.63, 3.8) is 0 Å². The Morgan fingerprint density at radius 1 is 0.933 bits per heavy atom. The zero-order valence-electron chi connectivity index (χ0n) is 7.04. The quantitative estimate of drug-likeness (QED) is 0.584. The molecule has 0 aromatic carbocycles. The van der Waals surface area contributed by atoms with E-state index in [1.54, 1.807) is 0 Å². The van der Waals surface area contributed by atoms with Gasteiger partial charge in [-0.1, -0.05) is 0 Å². The Labute approximate surface area is 80.1 Å².